The second-order valence-corrected chi connectivity index (χ2v) is 0.245. The summed E-state index contributed by atoms with van der Waals surface area (Å²) in [6.07, 6.45) is 0. The Labute approximate surface area is 29.3 Å². The van der Waals surface area contributed by atoms with Crippen molar-refractivity contribution in [3.8, 4) is 0 Å². The van der Waals surface area contributed by atoms with Crippen molar-refractivity contribution in [3.05, 3.63) is 0 Å². The Hall–Kier alpha value is 0.229. The molecule has 0 saturated heterocycles. The van der Waals surface area contributed by atoms with Gasteiger partial charge in [0.05, 0.1) is 0 Å². The molecule has 4 heteroatoms. The van der Waals surface area contributed by atoms with Gasteiger partial charge in [-0.15, -0.1) is 0 Å². The summed E-state index contributed by atoms with van der Waals surface area (Å²) in [5.41, 5.74) is 0. The summed E-state index contributed by atoms with van der Waals surface area (Å²) in [6.45, 7) is 0. The summed E-state index contributed by atoms with van der Waals surface area (Å²) in [5, 5.41) is 0. The molecule has 22 valence electrons. The van der Waals surface area contributed by atoms with Crippen molar-refractivity contribution in [2.24, 2.45) is 0 Å². The summed E-state index contributed by atoms with van der Waals surface area (Å²) in [7, 11) is -0.833. The first kappa shape index (κ1) is 8.87. The van der Waals surface area contributed by atoms with Gasteiger partial charge in [0, 0.05) is 0 Å². The van der Waals surface area contributed by atoms with Crippen LogP contribution in [0.25, 0.3) is 0 Å². The van der Waals surface area contributed by atoms with E-state index in [1.807, 2.05) is 0 Å². The van der Waals surface area contributed by atoms with Crippen LogP contribution in [0.15, 0.2) is 0 Å². The summed E-state index contributed by atoms with van der Waals surface area (Å²) < 4.78 is 8.46. The molecule has 0 aliphatic carbocycles. The van der Waals surface area contributed by atoms with E-state index < -0.39 is 8.69 Å². The van der Waals surface area contributed by atoms with Gasteiger partial charge in [0.1, 0.15) is 0 Å². The number of rotatable bonds is 0. The van der Waals surface area contributed by atoms with Crippen LogP contribution in [0.4, 0.5) is 0 Å². The predicted octanol–water partition coefficient (Wildman–Crippen LogP) is -0.731. The fraction of sp³-hybridized carbons (Fsp3) is 0. The Morgan fingerprint density at radius 2 is 1.75 bits per heavy atom. The Morgan fingerprint density at radius 1 is 1.75 bits per heavy atom. The van der Waals surface area contributed by atoms with Crippen molar-refractivity contribution in [1.82, 2.24) is 0 Å². The van der Waals surface area contributed by atoms with E-state index in [1.54, 1.807) is 0 Å². The molecule has 0 radical (unpaired) electrons. The molecule has 0 aliphatic heterocycles. The Balaban J connectivity index is 0. The van der Waals surface area contributed by atoms with Crippen LogP contribution < -0.4 is 0 Å². The molecular formula is H3BeO2P. The molecule has 0 aromatic carbocycles. The van der Waals surface area contributed by atoms with E-state index >= 15 is 0 Å². The second-order valence-electron chi connectivity index (χ2n) is 0.0816. The molecule has 0 saturated carbocycles. The van der Waals surface area contributed by atoms with E-state index in [-0.39, 0.29) is 10.1 Å². The summed E-state index contributed by atoms with van der Waals surface area (Å²) >= 11 is 0. The average Bonchev–Trinajstić information content (AvgIpc) is 0.918. The fourth-order valence-corrected chi connectivity index (χ4v) is 0. The van der Waals surface area contributed by atoms with Crippen LogP contribution in [0.5, 0.6) is 0 Å². The minimum absolute atomic E-state index is 0. The summed E-state index contributed by atoms with van der Waals surface area (Å²) in [5.74, 6) is 0. The average molecular weight is 75.0 g/mol. The molecule has 0 aromatic heterocycles. The van der Waals surface area contributed by atoms with E-state index in [0.29, 0.717) is 0 Å². The topological polar surface area (TPSA) is 37.3 Å². The molecule has 0 aliphatic rings. The van der Waals surface area contributed by atoms with Gasteiger partial charge in [-0.1, -0.05) is 0 Å². The van der Waals surface area contributed by atoms with E-state index in [9.17, 15) is 0 Å². The van der Waals surface area contributed by atoms with Crippen molar-refractivity contribution < 1.29 is 9.46 Å². The fourth-order valence-electron chi connectivity index (χ4n) is 0. The Bertz CT molecular complexity index is 13.5. The van der Waals surface area contributed by atoms with Crippen molar-refractivity contribution in [2.45, 2.75) is 0 Å². The number of hydrogen-bond donors (Lipinski definition) is 1. The number of hydrogen-bond acceptors (Lipinski definition) is 1. The van der Waals surface area contributed by atoms with Gasteiger partial charge >= 0.3 is 18.8 Å². The van der Waals surface area contributed by atoms with E-state index in [4.69, 9.17) is 9.46 Å². The predicted molar refractivity (Wildman–Crippen MR) is 18.4 cm³/mol. The first-order chi connectivity index (χ1) is 1.41. The van der Waals surface area contributed by atoms with Crippen LogP contribution in [0.1, 0.15) is 0 Å². The van der Waals surface area contributed by atoms with E-state index in [1.165, 1.54) is 0 Å². The van der Waals surface area contributed by atoms with Crippen LogP contribution in [0, 0.1) is 0 Å². The zero-order valence-electron chi connectivity index (χ0n) is 1.30. The molecule has 0 spiro atoms. The zero-order valence-corrected chi connectivity index (χ0v) is 2.20. The van der Waals surface area contributed by atoms with E-state index in [2.05, 4.69) is 0 Å². The van der Waals surface area contributed by atoms with Crippen LogP contribution in [-0.4, -0.2) is 15.0 Å². The Morgan fingerprint density at radius 3 is 1.75 bits per heavy atom. The first-order valence-electron chi connectivity index (χ1n) is 0.383. The third-order valence-corrected chi connectivity index (χ3v) is 0. The Kier molecular flexibility index (Phi) is 23.6. The summed E-state index contributed by atoms with van der Waals surface area (Å²) in [6, 6.07) is 0. The molecular weight excluding hydrogens is 72.0 g/mol. The summed E-state index contributed by atoms with van der Waals surface area (Å²) in [4.78, 5) is 6.99. The van der Waals surface area contributed by atoms with Gasteiger partial charge in [-0.05, 0) is 0 Å². The monoisotopic (exact) mass is 75.0 g/mol. The van der Waals surface area contributed by atoms with Gasteiger partial charge in [-0.3, -0.25) is 0 Å². The van der Waals surface area contributed by atoms with Crippen molar-refractivity contribution >= 4 is 18.8 Å². The normalized spacial score (nSPS) is 5.25. The quantitative estimate of drug-likeness (QED) is 0.304. The zero-order chi connectivity index (χ0) is 2.71. The molecule has 0 atom stereocenters. The molecule has 0 rings (SSSR count). The van der Waals surface area contributed by atoms with Crippen molar-refractivity contribution in [3.63, 3.8) is 0 Å². The second kappa shape index (κ2) is 10.6. The van der Waals surface area contributed by atoms with Gasteiger partial charge in [0.15, 0.2) is 0 Å². The standard InChI is InChI=1S/Be.HO2P.2H/c;1-3-2;;/h;(H,1,2);;. The minimum atomic E-state index is -0.833. The molecule has 2 nitrogen and oxygen atoms in total. The van der Waals surface area contributed by atoms with Gasteiger partial charge in [0.25, 0.3) is 0 Å². The SMILES string of the molecule is O=PO.[BeH2]. The van der Waals surface area contributed by atoms with Crippen LogP contribution in [-0.2, 0) is 4.57 Å². The van der Waals surface area contributed by atoms with Gasteiger partial charge in [-0.25, -0.2) is 4.57 Å². The van der Waals surface area contributed by atoms with Crippen LogP contribution in [0.3, 0.4) is 0 Å². The molecule has 0 bridgehead atoms. The third kappa shape index (κ3) is 64.3. The molecule has 0 fully saturated rings. The molecule has 0 aromatic rings. The molecule has 0 amide bonds. The molecule has 1 N–H and O–H groups in total. The van der Waals surface area contributed by atoms with Gasteiger partial charge in [-0.2, -0.15) is 0 Å². The molecule has 4 heavy (non-hydrogen) atoms. The third-order valence-electron chi connectivity index (χ3n) is 0. The first-order valence-corrected chi connectivity index (χ1v) is 1.15. The van der Waals surface area contributed by atoms with Crippen molar-refractivity contribution in [1.29, 1.82) is 0 Å². The van der Waals surface area contributed by atoms with Crippen LogP contribution in [0.2, 0.25) is 0 Å². The van der Waals surface area contributed by atoms with Crippen molar-refractivity contribution in [2.75, 3.05) is 0 Å². The molecule has 0 heterocycles. The van der Waals surface area contributed by atoms with E-state index in [0.717, 1.165) is 0 Å². The van der Waals surface area contributed by atoms with Gasteiger partial charge in [0.2, 0.25) is 0 Å². The van der Waals surface area contributed by atoms with Gasteiger partial charge < -0.3 is 4.89 Å². The maximum absolute atomic E-state index is 8.46. The molecule has 0 unspecified atom stereocenters. The van der Waals surface area contributed by atoms with Crippen LogP contribution >= 0.6 is 8.69 Å². The maximum atomic E-state index is 8.46.